The molecule has 2 aromatic heterocycles. The predicted molar refractivity (Wildman–Crippen MR) is 135 cm³/mol. The Balaban J connectivity index is 1.43. The number of nitrogens with one attached hydrogen (secondary N) is 2. The zero-order chi connectivity index (χ0) is 26.2. The number of alkyl halides is 3. The SMILES string of the molecule is C[C@H]1Cc2c([nH]c3ccc(F)cc23)[C@H](c2ccc(N[C@H]3CCN(CCCF)C3)cn2)N1CC(F)(F)CO. The maximum Gasteiger partial charge on any atom is 0.283 e. The van der Waals surface area contributed by atoms with E-state index in [4.69, 9.17) is 0 Å². The summed E-state index contributed by atoms with van der Waals surface area (Å²) in [7, 11) is 0. The van der Waals surface area contributed by atoms with Crippen LogP contribution >= 0.6 is 0 Å². The summed E-state index contributed by atoms with van der Waals surface area (Å²) >= 11 is 0. The molecule has 0 unspecified atom stereocenters. The number of pyridine rings is 1. The van der Waals surface area contributed by atoms with Gasteiger partial charge in [-0.05, 0) is 62.1 Å². The number of rotatable bonds is 9. The fourth-order valence-electron chi connectivity index (χ4n) is 5.73. The van der Waals surface area contributed by atoms with Crippen LogP contribution in [0.2, 0.25) is 0 Å². The van der Waals surface area contributed by atoms with Gasteiger partial charge in [-0.1, -0.05) is 0 Å². The molecule has 0 saturated carbocycles. The van der Waals surface area contributed by atoms with Gasteiger partial charge in [0.15, 0.2) is 0 Å². The third-order valence-corrected chi connectivity index (χ3v) is 7.53. The van der Waals surface area contributed by atoms with Gasteiger partial charge < -0.3 is 20.3 Å². The molecule has 3 aromatic rings. The first-order chi connectivity index (χ1) is 17.8. The molecule has 1 aromatic carbocycles. The van der Waals surface area contributed by atoms with E-state index >= 15 is 0 Å². The lowest BCUT2D eigenvalue weighted by Gasteiger charge is -2.41. The quantitative estimate of drug-likeness (QED) is 0.363. The highest BCUT2D eigenvalue weighted by molar-refractivity contribution is 5.85. The summed E-state index contributed by atoms with van der Waals surface area (Å²) in [6.45, 7) is 2.18. The van der Waals surface area contributed by atoms with Gasteiger partial charge in [0.05, 0.1) is 36.8 Å². The van der Waals surface area contributed by atoms with Crippen LogP contribution in [-0.4, -0.2) is 82.3 Å². The van der Waals surface area contributed by atoms with Crippen molar-refractivity contribution in [3.8, 4) is 0 Å². The number of benzene rings is 1. The summed E-state index contributed by atoms with van der Waals surface area (Å²) in [5.41, 5.74) is 3.79. The predicted octanol–water partition coefficient (Wildman–Crippen LogP) is 4.51. The maximum atomic E-state index is 14.4. The summed E-state index contributed by atoms with van der Waals surface area (Å²) in [5, 5.41) is 13.5. The van der Waals surface area contributed by atoms with E-state index in [1.807, 2.05) is 19.1 Å². The van der Waals surface area contributed by atoms with Gasteiger partial charge in [0.25, 0.3) is 5.92 Å². The first-order valence-electron chi connectivity index (χ1n) is 12.8. The van der Waals surface area contributed by atoms with Gasteiger partial charge in [-0.3, -0.25) is 14.3 Å². The number of nitrogens with zero attached hydrogens (tertiary/aromatic N) is 3. The number of hydrogen-bond acceptors (Lipinski definition) is 5. The highest BCUT2D eigenvalue weighted by atomic mass is 19.3. The second-order valence-electron chi connectivity index (χ2n) is 10.3. The van der Waals surface area contributed by atoms with E-state index in [1.54, 1.807) is 17.2 Å². The molecule has 0 aliphatic carbocycles. The number of anilines is 1. The molecule has 6 nitrogen and oxygen atoms in total. The van der Waals surface area contributed by atoms with Crippen LogP contribution in [-0.2, 0) is 6.42 Å². The lowest BCUT2D eigenvalue weighted by molar-refractivity contribution is -0.0867. The minimum absolute atomic E-state index is 0.233. The van der Waals surface area contributed by atoms with Crippen LogP contribution in [0.15, 0.2) is 36.5 Å². The van der Waals surface area contributed by atoms with Crippen LogP contribution in [0.4, 0.5) is 23.2 Å². The smallest absolute Gasteiger partial charge is 0.283 e. The lowest BCUT2D eigenvalue weighted by atomic mass is 9.90. The van der Waals surface area contributed by atoms with Crippen molar-refractivity contribution in [1.82, 2.24) is 19.8 Å². The van der Waals surface area contributed by atoms with Crippen LogP contribution < -0.4 is 5.32 Å². The second-order valence-corrected chi connectivity index (χ2v) is 10.3. The molecule has 2 aliphatic rings. The highest BCUT2D eigenvalue weighted by Gasteiger charge is 2.42. The number of H-pyrrole nitrogens is 1. The monoisotopic (exact) mass is 519 g/mol. The molecular weight excluding hydrogens is 486 g/mol. The molecule has 3 N–H and O–H groups in total. The Morgan fingerprint density at radius 1 is 1.24 bits per heavy atom. The van der Waals surface area contributed by atoms with Crippen molar-refractivity contribution < 1.29 is 22.7 Å². The molecule has 200 valence electrons. The third-order valence-electron chi connectivity index (χ3n) is 7.53. The lowest BCUT2D eigenvalue weighted by Crippen LogP contribution is -2.49. The molecular formula is C27H33F4N5O. The van der Waals surface area contributed by atoms with Crippen molar-refractivity contribution in [3.05, 3.63) is 59.3 Å². The van der Waals surface area contributed by atoms with Gasteiger partial charge in [0, 0.05) is 48.3 Å². The third kappa shape index (κ3) is 5.46. The normalized spacial score (nSPS) is 23.0. The molecule has 0 spiro atoms. The molecule has 4 heterocycles. The van der Waals surface area contributed by atoms with Crippen molar-refractivity contribution >= 4 is 16.6 Å². The largest absolute Gasteiger partial charge is 0.390 e. The number of halogens is 4. The summed E-state index contributed by atoms with van der Waals surface area (Å²) in [6.07, 6.45) is 3.67. The number of aliphatic hydroxyl groups is 1. The fourth-order valence-corrected chi connectivity index (χ4v) is 5.73. The first kappa shape index (κ1) is 25.9. The molecule has 1 fully saturated rings. The van der Waals surface area contributed by atoms with E-state index in [1.165, 1.54) is 12.1 Å². The first-order valence-corrected chi connectivity index (χ1v) is 12.8. The summed E-state index contributed by atoms with van der Waals surface area (Å²) < 4.78 is 55.4. The Morgan fingerprint density at radius 2 is 2.08 bits per heavy atom. The zero-order valence-electron chi connectivity index (χ0n) is 20.9. The van der Waals surface area contributed by atoms with Crippen LogP contribution in [0.3, 0.4) is 0 Å². The molecule has 3 atom stereocenters. The Bertz CT molecular complexity index is 1220. The standard InChI is InChI=1S/C27H33F4N5O/c1-17-11-22-21-12-18(29)3-5-23(21)34-25(22)26(36(17)15-27(30,31)16-37)24-6-4-19(13-32-24)33-20-7-10-35(14-20)9-2-8-28/h3-6,12-13,17,20,26,33-34,37H,2,7-11,14-16H2,1H3/t17-,20-,26-/m0/s1. The topological polar surface area (TPSA) is 67.4 Å². The molecule has 2 aliphatic heterocycles. The zero-order valence-corrected chi connectivity index (χ0v) is 20.9. The molecule has 0 radical (unpaired) electrons. The van der Waals surface area contributed by atoms with Gasteiger partial charge in [0.2, 0.25) is 0 Å². The van der Waals surface area contributed by atoms with Crippen LogP contribution in [0, 0.1) is 5.82 Å². The minimum Gasteiger partial charge on any atom is -0.390 e. The Hall–Kier alpha value is -2.69. The van der Waals surface area contributed by atoms with Gasteiger partial charge in [0.1, 0.15) is 12.4 Å². The van der Waals surface area contributed by atoms with Gasteiger partial charge in [-0.2, -0.15) is 0 Å². The van der Waals surface area contributed by atoms with Crippen LogP contribution in [0.1, 0.15) is 42.8 Å². The number of hydrogen-bond donors (Lipinski definition) is 3. The molecule has 37 heavy (non-hydrogen) atoms. The van der Waals surface area contributed by atoms with Crippen molar-refractivity contribution in [3.63, 3.8) is 0 Å². The highest BCUT2D eigenvalue weighted by Crippen LogP contribution is 2.41. The summed E-state index contributed by atoms with van der Waals surface area (Å²) in [5.74, 6) is -3.63. The van der Waals surface area contributed by atoms with E-state index in [9.17, 15) is 22.7 Å². The van der Waals surface area contributed by atoms with E-state index in [-0.39, 0.29) is 24.6 Å². The van der Waals surface area contributed by atoms with Gasteiger partial charge in [-0.15, -0.1) is 0 Å². The number of likely N-dealkylation sites (tertiary alicyclic amines) is 1. The van der Waals surface area contributed by atoms with Crippen molar-refractivity contribution in [2.24, 2.45) is 0 Å². The van der Waals surface area contributed by atoms with Crippen molar-refractivity contribution in [2.75, 3.05) is 44.8 Å². The van der Waals surface area contributed by atoms with Gasteiger partial charge in [-0.25, -0.2) is 13.2 Å². The average molecular weight is 520 g/mol. The van der Waals surface area contributed by atoms with Gasteiger partial charge >= 0.3 is 0 Å². The minimum atomic E-state index is -3.28. The van der Waals surface area contributed by atoms with Crippen LogP contribution in [0.5, 0.6) is 0 Å². The Kier molecular flexibility index (Phi) is 7.42. The van der Waals surface area contributed by atoms with E-state index in [0.29, 0.717) is 18.5 Å². The molecule has 5 rings (SSSR count). The van der Waals surface area contributed by atoms with E-state index < -0.39 is 25.1 Å². The van der Waals surface area contributed by atoms with Crippen molar-refractivity contribution in [2.45, 2.75) is 50.2 Å². The molecule has 0 bridgehead atoms. The number of aromatic amines is 1. The maximum absolute atomic E-state index is 14.4. The number of aliphatic hydroxyl groups excluding tert-OH is 1. The number of fused-ring (bicyclic) bond motifs is 3. The fraction of sp³-hybridized carbons (Fsp3) is 0.519. The molecule has 0 amide bonds. The second kappa shape index (κ2) is 10.6. The van der Waals surface area contributed by atoms with E-state index in [2.05, 4.69) is 20.2 Å². The average Bonchev–Trinajstić information content (AvgIpc) is 3.47. The summed E-state index contributed by atoms with van der Waals surface area (Å²) in [4.78, 5) is 11.9. The van der Waals surface area contributed by atoms with Crippen molar-refractivity contribution in [1.29, 1.82) is 0 Å². The molecule has 10 heteroatoms. The molecule has 1 saturated heterocycles. The Morgan fingerprint density at radius 3 is 2.81 bits per heavy atom. The number of aromatic nitrogens is 2. The van der Waals surface area contributed by atoms with Crippen LogP contribution in [0.25, 0.3) is 10.9 Å². The summed E-state index contributed by atoms with van der Waals surface area (Å²) in [6, 6.07) is 7.59. The Labute approximate surface area is 213 Å². The van der Waals surface area contributed by atoms with E-state index in [0.717, 1.165) is 53.9 Å².